The smallest absolute Gasteiger partial charge is 0.337 e. The Morgan fingerprint density at radius 2 is 1.96 bits per heavy atom. The first-order chi connectivity index (χ1) is 13.5. The minimum atomic E-state index is -0.468. The molecule has 28 heavy (non-hydrogen) atoms. The van der Waals surface area contributed by atoms with E-state index < -0.39 is 5.97 Å². The Morgan fingerprint density at radius 1 is 1.14 bits per heavy atom. The van der Waals surface area contributed by atoms with Crippen LogP contribution < -0.4 is 10.6 Å². The number of nitriles is 1. The van der Waals surface area contributed by atoms with Gasteiger partial charge in [0.25, 0.3) is 0 Å². The van der Waals surface area contributed by atoms with Crippen LogP contribution in [0.4, 0.5) is 23.1 Å². The van der Waals surface area contributed by atoms with E-state index in [0.29, 0.717) is 33.6 Å². The highest BCUT2D eigenvalue weighted by Gasteiger charge is 2.11. The second-order valence-electron chi connectivity index (χ2n) is 5.85. The molecule has 0 aliphatic heterocycles. The third-order valence-corrected chi connectivity index (χ3v) is 4.08. The van der Waals surface area contributed by atoms with Crippen LogP contribution in [0.25, 0.3) is 0 Å². The molecule has 2 aromatic carbocycles. The predicted molar refractivity (Wildman–Crippen MR) is 107 cm³/mol. The molecular formula is C20H16ClN5O2. The van der Waals surface area contributed by atoms with E-state index in [2.05, 4.69) is 26.7 Å². The number of benzene rings is 2. The molecule has 0 aliphatic rings. The topological polar surface area (TPSA) is 99.9 Å². The number of carbonyl (C=O) groups is 1. The van der Waals surface area contributed by atoms with E-state index in [-0.39, 0.29) is 0 Å². The van der Waals surface area contributed by atoms with Crippen LogP contribution >= 0.6 is 11.6 Å². The van der Waals surface area contributed by atoms with Gasteiger partial charge in [0.2, 0.25) is 5.95 Å². The average molecular weight is 394 g/mol. The van der Waals surface area contributed by atoms with Gasteiger partial charge >= 0.3 is 5.97 Å². The first-order valence-corrected chi connectivity index (χ1v) is 8.64. The van der Waals surface area contributed by atoms with Crippen molar-refractivity contribution in [2.75, 3.05) is 17.7 Å². The van der Waals surface area contributed by atoms with Crippen LogP contribution in [0.5, 0.6) is 0 Å². The van der Waals surface area contributed by atoms with Gasteiger partial charge in [-0.1, -0.05) is 17.7 Å². The number of esters is 1. The van der Waals surface area contributed by atoms with E-state index in [1.54, 1.807) is 42.5 Å². The number of aryl methyl sites for hydroxylation is 1. The lowest BCUT2D eigenvalue weighted by molar-refractivity contribution is 0.0601. The number of rotatable bonds is 5. The lowest BCUT2D eigenvalue weighted by atomic mass is 10.2. The molecule has 2 N–H and O–H groups in total. The van der Waals surface area contributed by atoms with Crippen molar-refractivity contribution in [1.82, 2.24) is 9.97 Å². The van der Waals surface area contributed by atoms with Crippen LogP contribution in [0.2, 0.25) is 5.02 Å². The number of anilines is 4. The fraction of sp³-hybridized carbons (Fsp3) is 0.100. The Kier molecular flexibility index (Phi) is 5.72. The van der Waals surface area contributed by atoms with Gasteiger partial charge in [0.05, 0.1) is 35.0 Å². The summed E-state index contributed by atoms with van der Waals surface area (Å²) in [5.74, 6) is 0.387. The second kappa shape index (κ2) is 8.37. The highest BCUT2D eigenvalue weighted by molar-refractivity contribution is 6.33. The molecule has 0 aliphatic carbocycles. The quantitative estimate of drug-likeness (QED) is 0.611. The fourth-order valence-corrected chi connectivity index (χ4v) is 2.65. The molecule has 7 nitrogen and oxygen atoms in total. The zero-order valence-electron chi connectivity index (χ0n) is 15.2. The summed E-state index contributed by atoms with van der Waals surface area (Å²) >= 11 is 6.22. The molecule has 0 radical (unpaired) electrons. The SMILES string of the molecule is COC(=O)c1ccc(Cl)c(Nc2nc(C)cc(Nc3cccc(C#N)c3)n2)c1. The number of aromatic nitrogens is 2. The van der Waals surface area contributed by atoms with Gasteiger partial charge in [0.15, 0.2) is 0 Å². The summed E-state index contributed by atoms with van der Waals surface area (Å²) in [6.45, 7) is 1.83. The Morgan fingerprint density at radius 3 is 2.71 bits per heavy atom. The van der Waals surface area contributed by atoms with E-state index >= 15 is 0 Å². The zero-order chi connectivity index (χ0) is 20.1. The Bertz CT molecular complexity index is 1080. The number of nitrogens with zero attached hydrogens (tertiary/aromatic N) is 3. The van der Waals surface area contributed by atoms with Crippen molar-refractivity contribution in [3.63, 3.8) is 0 Å². The molecule has 0 fully saturated rings. The van der Waals surface area contributed by atoms with Crippen molar-refractivity contribution >= 4 is 40.7 Å². The van der Waals surface area contributed by atoms with Crippen molar-refractivity contribution < 1.29 is 9.53 Å². The van der Waals surface area contributed by atoms with Crippen molar-refractivity contribution in [3.05, 3.63) is 70.4 Å². The van der Waals surface area contributed by atoms with Gasteiger partial charge in [-0.05, 0) is 43.3 Å². The van der Waals surface area contributed by atoms with Crippen LogP contribution in [0.15, 0.2) is 48.5 Å². The van der Waals surface area contributed by atoms with Gasteiger partial charge in [0, 0.05) is 17.4 Å². The first-order valence-electron chi connectivity index (χ1n) is 8.26. The maximum Gasteiger partial charge on any atom is 0.337 e. The van der Waals surface area contributed by atoms with Crippen LogP contribution in [0.1, 0.15) is 21.6 Å². The number of ether oxygens (including phenoxy) is 1. The van der Waals surface area contributed by atoms with Crippen LogP contribution in [0, 0.1) is 18.3 Å². The summed E-state index contributed by atoms with van der Waals surface area (Å²) in [5.41, 5.74) is 2.83. The van der Waals surface area contributed by atoms with Crippen molar-refractivity contribution in [3.8, 4) is 6.07 Å². The molecule has 0 saturated heterocycles. The molecule has 0 bridgehead atoms. The molecule has 140 valence electrons. The maximum absolute atomic E-state index is 11.7. The fourth-order valence-electron chi connectivity index (χ4n) is 2.49. The number of halogens is 1. The molecule has 0 atom stereocenters. The Labute approximate surface area is 167 Å². The molecule has 8 heteroatoms. The van der Waals surface area contributed by atoms with E-state index in [9.17, 15) is 4.79 Å². The molecule has 0 amide bonds. The number of hydrogen-bond donors (Lipinski definition) is 2. The van der Waals surface area contributed by atoms with Crippen LogP contribution in [0.3, 0.4) is 0 Å². The van der Waals surface area contributed by atoms with Gasteiger partial charge < -0.3 is 15.4 Å². The van der Waals surface area contributed by atoms with E-state index in [4.69, 9.17) is 21.6 Å². The molecular weight excluding hydrogens is 378 g/mol. The van der Waals surface area contributed by atoms with Crippen molar-refractivity contribution in [1.29, 1.82) is 5.26 Å². The van der Waals surface area contributed by atoms with Gasteiger partial charge in [-0.3, -0.25) is 0 Å². The molecule has 3 aromatic rings. The van der Waals surface area contributed by atoms with E-state index in [0.717, 1.165) is 11.4 Å². The summed E-state index contributed by atoms with van der Waals surface area (Å²) in [6, 6.07) is 15.7. The highest BCUT2D eigenvalue weighted by atomic mass is 35.5. The minimum Gasteiger partial charge on any atom is -0.465 e. The van der Waals surface area contributed by atoms with E-state index in [1.807, 2.05) is 13.0 Å². The Hall–Kier alpha value is -3.63. The van der Waals surface area contributed by atoms with Gasteiger partial charge in [-0.15, -0.1) is 0 Å². The number of methoxy groups -OCH3 is 1. The number of hydrogen-bond acceptors (Lipinski definition) is 7. The molecule has 1 aromatic heterocycles. The minimum absolute atomic E-state index is 0.308. The summed E-state index contributed by atoms with van der Waals surface area (Å²) in [5, 5.41) is 15.6. The first kappa shape index (κ1) is 19.1. The Balaban J connectivity index is 1.88. The third-order valence-electron chi connectivity index (χ3n) is 3.75. The summed E-state index contributed by atoms with van der Waals surface area (Å²) in [7, 11) is 1.31. The second-order valence-corrected chi connectivity index (χ2v) is 6.25. The van der Waals surface area contributed by atoms with Crippen LogP contribution in [-0.4, -0.2) is 23.0 Å². The van der Waals surface area contributed by atoms with Gasteiger partial charge in [-0.2, -0.15) is 10.2 Å². The summed E-state index contributed by atoms with van der Waals surface area (Å²) in [4.78, 5) is 20.5. The van der Waals surface area contributed by atoms with Gasteiger partial charge in [0.1, 0.15) is 5.82 Å². The maximum atomic E-state index is 11.7. The largest absolute Gasteiger partial charge is 0.465 e. The third kappa shape index (κ3) is 4.55. The summed E-state index contributed by atoms with van der Waals surface area (Å²) in [6.07, 6.45) is 0. The lowest BCUT2D eigenvalue weighted by Gasteiger charge is -2.12. The number of nitrogens with one attached hydrogen (secondary N) is 2. The van der Waals surface area contributed by atoms with Crippen molar-refractivity contribution in [2.45, 2.75) is 6.92 Å². The molecule has 0 spiro atoms. The molecule has 0 unspecified atom stereocenters. The molecule has 0 saturated carbocycles. The average Bonchev–Trinajstić information content (AvgIpc) is 2.68. The van der Waals surface area contributed by atoms with Crippen LogP contribution in [-0.2, 0) is 4.74 Å². The van der Waals surface area contributed by atoms with Crippen molar-refractivity contribution in [2.24, 2.45) is 0 Å². The molecule has 3 rings (SSSR count). The summed E-state index contributed by atoms with van der Waals surface area (Å²) < 4.78 is 4.73. The van der Waals surface area contributed by atoms with E-state index in [1.165, 1.54) is 7.11 Å². The monoisotopic (exact) mass is 393 g/mol. The van der Waals surface area contributed by atoms with Gasteiger partial charge in [-0.25, -0.2) is 9.78 Å². The highest BCUT2D eigenvalue weighted by Crippen LogP contribution is 2.27. The lowest BCUT2D eigenvalue weighted by Crippen LogP contribution is -2.05. The molecule has 1 heterocycles. The predicted octanol–water partition coefficient (Wildman–Crippen LogP) is 4.58. The number of carbonyl (C=O) groups excluding carboxylic acids is 1. The normalized spacial score (nSPS) is 10.1. The standard InChI is InChI=1S/C20H16ClN5O2/c1-12-8-18(24-15-5-3-4-13(9-15)11-22)26-20(23-12)25-17-10-14(19(27)28-2)6-7-16(17)21/h3-10H,1-2H3,(H2,23,24,25,26). The zero-order valence-corrected chi connectivity index (χ0v) is 15.9.